The molecular formula is C36H58Br3InN2O18S2. The molecule has 0 bridgehead atoms. The maximum absolute atomic E-state index is 11.6. The third-order valence-corrected chi connectivity index (χ3v) is 10.2. The summed E-state index contributed by atoms with van der Waals surface area (Å²) in [6.07, 6.45) is -4.16. The molecule has 356 valence electrons. The summed E-state index contributed by atoms with van der Waals surface area (Å²) in [6.45, 7) is 15.3. The van der Waals surface area contributed by atoms with E-state index in [-0.39, 0.29) is 42.6 Å². The van der Waals surface area contributed by atoms with Gasteiger partial charge in [0.05, 0.1) is 23.9 Å². The van der Waals surface area contributed by atoms with Gasteiger partial charge in [-0.15, -0.1) is 11.8 Å². The summed E-state index contributed by atoms with van der Waals surface area (Å²) in [6, 6.07) is -1.23. The molecule has 2 amide bonds. The SMILES string of the molecule is CC(=O)NC1[C@@H](C)[C@@H](OC(C)=O)C(COC(C)=O)O[C@H]1SC[C@H](C)C(=O)O.CC(=O)NC1[C@H](OC(C)=O)OC(COC(C)=O)[C@H](OC(C)=O)[C@@H]1C.C[C@@H](CS)C(=O)O.[Br][In]([Br])[Br]. The average Bonchev–Trinajstić information content (AvgIpc) is 3.13. The van der Waals surface area contributed by atoms with Crippen LogP contribution in [-0.4, -0.2) is 151 Å². The number of thioether (sulfide) groups is 1. The van der Waals surface area contributed by atoms with Gasteiger partial charge in [-0.3, -0.25) is 43.2 Å². The van der Waals surface area contributed by atoms with Crippen LogP contribution >= 0.6 is 61.3 Å². The maximum atomic E-state index is 11.6. The van der Waals surface area contributed by atoms with Crippen molar-refractivity contribution in [1.29, 1.82) is 0 Å². The molecule has 0 aromatic rings. The Bertz CT molecular complexity index is 1500. The molecule has 2 fully saturated rings. The first-order chi connectivity index (χ1) is 28.5. The van der Waals surface area contributed by atoms with E-state index in [1.807, 2.05) is 0 Å². The van der Waals surface area contributed by atoms with Crippen LogP contribution in [0, 0.1) is 23.7 Å². The zero-order chi connectivity index (χ0) is 48.6. The Labute approximate surface area is 396 Å². The Morgan fingerprint density at radius 2 is 1.02 bits per heavy atom. The molecule has 62 heavy (non-hydrogen) atoms. The molecule has 26 heteroatoms. The molecule has 12 atom stereocenters. The fraction of sp³-hybridized carbons (Fsp3) is 0.750. The van der Waals surface area contributed by atoms with Gasteiger partial charge in [0.2, 0.25) is 18.1 Å². The summed E-state index contributed by atoms with van der Waals surface area (Å²) < 4.78 is 37.3. The van der Waals surface area contributed by atoms with Crippen LogP contribution in [0.3, 0.4) is 0 Å². The predicted molar refractivity (Wildman–Crippen MR) is 239 cm³/mol. The fourth-order valence-electron chi connectivity index (χ4n) is 5.33. The molecule has 0 aromatic carbocycles. The number of thiol groups is 1. The number of halogens is 3. The standard InChI is InChI=1S/C17H27NO8S.C15H23NO8.C4H8O2S.3BrH.In/c1-8(16(22)23)7-27-17-14(18-10(3)19)9(2)15(25-12(5)21)13(26-17)6-24-11(4)20;1-7-13(16-8(2)17)15(23-11(5)20)24-12(6-21-9(3)18)14(7)22-10(4)19;1-3(2-7)4(5)6;;;;/h8-9,13-15,17H,6-7H2,1-5H3,(H,18,19)(H,22,23);7,12-15H,6H2,1-5H3,(H,16,17);3,7H,2H2,1H3,(H,5,6);3*1H;/q;;;;;;+3/p-3/t8-,9+,13?,14?,15+,17-;7-,12?,13?,14-,15-;3-;;;;/m010..../s1. The Hall–Kier alpha value is -1.84. The van der Waals surface area contributed by atoms with Gasteiger partial charge in [0, 0.05) is 71.8 Å². The van der Waals surface area contributed by atoms with Crippen molar-refractivity contribution in [3.05, 3.63) is 0 Å². The number of hydrogen-bond acceptors (Lipinski definition) is 18. The van der Waals surface area contributed by atoms with Crippen LogP contribution in [0.25, 0.3) is 0 Å². The molecule has 4 unspecified atom stereocenters. The van der Waals surface area contributed by atoms with Gasteiger partial charge in [-0.2, -0.15) is 12.6 Å². The molecule has 4 N–H and O–H groups in total. The van der Waals surface area contributed by atoms with E-state index in [0.29, 0.717) is 5.75 Å². The first-order valence-corrected chi connectivity index (χ1v) is 42.6. The van der Waals surface area contributed by atoms with Crippen LogP contribution in [0.1, 0.15) is 76.2 Å². The van der Waals surface area contributed by atoms with Crippen molar-refractivity contribution in [2.24, 2.45) is 23.7 Å². The van der Waals surface area contributed by atoms with E-state index >= 15 is 0 Å². The molecule has 2 heterocycles. The Balaban J connectivity index is 0. The van der Waals surface area contributed by atoms with Gasteiger partial charge >= 0.3 is 93.1 Å². The normalized spacial score (nSPS) is 25.8. The number of carbonyl (C=O) groups excluding carboxylic acids is 7. The molecule has 0 saturated carbocycles. The average molecular weight is 1230 g/mol. The third kappa shape index (κ3) is 27.5. The van der Waals surface area contributed by atoms with E-state index < -0.39 is 116 Å². The van der Waals surface area contributed by atoms with Crippen LogP contribution in [-0.2, 0) is 76.3 Å². The van der Waals surface area contributed by atoms with Crippen molar-refractivity contribution >= 4 is 129 Å². The van der Waals surface area contributed by atoms with Crippen LogP contribution < -0.4 is 10.6 Å². The van der Waals surface area contributed by atoms with Crippen molar-refractivity contribution in [3.63, 3.8) is 0 Å². The van der Waals surface area contributed by atoms with Crippen molar-refractivity contribution in [2.45, 2.75) is 124 Å². The number of carboxylic acids is 2. The van der Waals surface area contributed by atoms with Crippen LogP contribution in [0.5, 0.6) is 0 Å². The monoisotopic (exact) mass is 1220 g/mol. The predicted octanol–water partition coefficient (Wildman–Crippen LogP) is 3.50. The second-order valence-corrected chi connectivity index (χ2v) is 59.9. The zero-order valence-electron chi connectivity index (χ0n) is 36.2. The number of carbonyl (C=O) groups is 9. The third-order valence-electron chi connectivity index (χ3n) is 8.26. The molecule has 2 aliphatic rings. The van der Waals surface area contributed by atoms with Gasteiger partial charge in [0.15, 0.2) is 0 Å². The van der Waals surface area contributed by atoms with Gasteiger partial charge in [0.25, 0.3) is 0 Å². The number of rotatable bonds is 15. The molecule has 0 radical (unpaired) electrons. The number of nitrogens with one attached hydrogen (secondary N) is 2. The topological polar surface area (TPSA) is 283 Å². The summed E-state index contributed by atoms with van der Waals surface area (Å²) in [7, 11) is 0. The summed E-state index contributed by atoms with van der Waals surface area (Å²) in [5, 5.41) is 22.6. The molecule has 2 saturated heterocycles. The van der Waals surface area contributed by atoms with E-state index in [0.717, 1.165) is 0 Å². The van der Waals surface area contributed by atoms with Crippen LogP contribution in [0.4, 0.5) is 0 Å². The number of aliphatic carboxylic acids is 2. The van der Waals surface area contributed by atoms with E-state index in [4.69, 9.17) is 43.4 Å². The summed E-state index contributed by atoms with van der Waals surface area (Å²) >= 11 is 13.8. The van der Waals surface area contributed by atoms with Gasteiger partial charge in [-0.05, 0) is 0 Å². The van der Waals surface area contributed by atoms with Crippen molar-refractivity contribution in [2.75, 3.05) is 24.7 Å². The van der Waals surface area contributed by atoms with Crippen molar-refractivity contribution in [3.8, 4) is 0 Å². The number of ether oxygens (including phenoxy) is 7. The van der Waals surface area contributed by atoms with Gasteiger partial charge in [-0.25, -0.2) is 0 Å². The Morgan fingerprint density at radius 3 is 1.34 bits per heavy atom. The van der Waals surface area contributed by atoms with Gasteiger partial charge in [-0.1, -0.05) is 27.7 Å². The quantitative estimate of drug-likeness (QED) is 0.0891. The Kier molecular flexibility index (Phi) is 32.9. The summed E-state index contributed by atoms with van der Waals surface area (Å²) in [4.78, 5) is 100. The molecule has 0 spiro atoms. The number of esters is 5. The number of carboxylic acid groups (broad SMARTS) is 2. The zero-order valence-corrected chi connectivity index (χ0v) is 46.0. The van der Waals surface area contributed by atoms with Crippen molar-refractivity contribution < 1.29 is 86.5 Å². The molecular weight excluding hydrogens is 1170 g/mol. The molecule has 2 aliphatic heterocycles. The molecule has 0 aliphatic carbocycles. The van der Waals surface area contributed by atoms with Crippen molar-refractivity contribution in [1.82, 2.24) is 10.6 Å². The second kappa shape index (κ2) is 32.8. The van der Waals surface area contributed by atoms with Gasteiger partial charge in [0.1, 0.15) is 43.1 Å². The summed E-state index contributed by atoms with van der Waals surface area (Å²) in [5.41, 5.74) is -0.585. The van der Waals surface area contributed by atoms with E-state index in [2.05, 4.69) is 60.1 Å². The minimum absolute atomic E-state index is 0.115. The van der Waals surface area contributed by atoms with Gasteiger partial charge < -0.3 is 54.0 Å². The fourth-order valence-corrected chi connectivity index (χ4v) is 6.85. The Morgan fingerprint density at radius 1 is 0.645 bits per heavy atom. The first-order valence-electron chi connectivity index (χ1n) is 18.8. The second-order valence-electron chi connectivity index (χ2n) is 13.9. The van der Waals surface area contributed by atoms with E-state index in [1.54, 1.807) is 27.7 Å². The summed E-state index contributed by atoms with van der Waals surface area (Å²) in [5.74, 6) is -6.08. The molecule has 2 rings (SSSR count). The molecule has 20 nitrogen and oxygen atoms in total. The van der Waals surface area contributed by atoms with E-state index in [9.17, 15) is 43.2 Å². The first kappa shape index (κ1) is 62.2. The number of amides is 2. The van der Waals surface area contributed by atoms with Crippen LogP contribution in [0.15, 0.2) is 0 Å². The van der Waals surface area contributed by atoms with Crippen LogP contribution in [0.2, 0.25) is 0 Å². The number of hydrogen-bond donors (Lipinski definition) is 5. The molecule has 0 aromatic heterocycles. The minimum atomic E-state index is -1.20. The van der Waals surface area contributed by atoms with E-state index in [1.165, 1.54) is 60.2 Å².